The van der Waals surface area contributed by atoms with Crippen molar-refractivity contribution in [2.24, 2.45) is 5.73 Å². The zero-order valence-corrected chi connectivity index (χ0v) is 14.9. The molecule has 0 spiro atoms. The molecule has 0 aliphatic carbocycles. The average molecular weight is 362 g/mol. The summed E-state index contributed by atoms with van der Waals surface area (Å²) in [6.45, 7) is 2.50. The van der Waals surface area contributed by atoms with Crippen LogP contribution in [0.2, 0.25) is 0 Å². The summed E-state index contributed by atoms with van der Waals surface area (Å²) in [5.41, 5.74) is 7.83. The fraction of sp³-hybridized carbons (Fsp3) is 0.143. The summed E-state index contributed by atoms with van der Waals surface area (Å²) in [5, 5.41) is 6.76. The molecule has 1 aromatic heterocycles. The fourth-order valence-corrected chi connectivity index (χ4v) is 2.47. The highest BCUT2D eigenvalue weighted by Crippen LogP contribution is 2.19. The molecule has 0 aliphatic heterocycles. The molecule has 2 aromatic carbocycles. The van der Waals surface area contributed by atoms with E-state index in [1.54, 1.807) is 12.1 Å². The molecule has 0 aliphatic rings. The standard InChI is InChI=1S/C21H22N4O2/c22-21(26)17-8-11-20(25-15-17)27-19-9-6-16(7-10-19)14-23-12-13-24-18-4-2-1-3-5-18/h1-11,15,23-24H,12-14H2,(H2,22,26). The first-order valence-electron chi connectivity index (χ1n) is 8.73. The molecule has 3 rings (SSSR count). The minimum absolute atomic E-state index is 0.352. The molecule has 3 aromatic rings. The maximum absolute atomic E-state index is 11.0. The van der Waals surface area contributed by atoms with Gasteiger partial charge in [0.05, 0.1) is 5.56 Å². The summed E-state index contributed by atoms with van der Waals surface area (Å²) in [7, 11) is 0. The van der Waals surface area contributed by atoms with Crippen LogP contribution in [0.1, 0.15) is 15.9 Å². The van der Waals surface area contributed by atoms with Gasteiger partial charge in [-0.15, -0.1) is 0 Å². The number of aromatic nitrogens is 1. The molecular weight excluding hydrogens is 340 g/mol. The minimum atomic E-state index is -0.509. The van der Waals surface area contributed by atoms with E-state index < -0.39 is 5.91 Å². The molecule has 1 heterocycles. The Labute approximate surface area is 158 Å². The lowest BCUT2D eigenvalue weighted by Crippen LogP contribution is -2.21. The number of anilines is 1. The Hall–Kier alpha value is -3.38. The van der Waals surface area contributed by atoms with E-state index >= 15 is 0 Å². The molecule has 4 N–H and O–H groups in total. The van der Waals surface area contributed by atoms with Crippen LogP contribution in [0.15, 0.2) is 72.9 Å². The average Bonchev–Trinajstić information content (AvgIpc) is 2.70. The number of primary amides is 1. The zero-order valence-electron chi connectivity index (χ0n) is 14.9. The summed E-state index contributed by atoms with van der Waals surface area (Å²) < 4.78 is 5.67. The van der Waals surface area contributed by atoms with Crippen molar-refractivity contribution >= 4 is 11.6 Å². The molecule has 0 atom stereocenters. The van der Waals surface area contributed by atoms with Crippen LogP contribution in [0.4, 0.5) is 5.69 Å². The van der Waals surface area contributed by atoms with E-state index in [0.717, 1.165) is 25.3 Å². The van der Waals surface area contributed by atoms with Gasteiger partial charge in [0.25, 0.3) is 0 Å². The highest BCUT2D eigenvalue weighted by molar-refractivity contribution is 5.92. The monoisotopic (exact) mass is 362 g/mol. The largest absolute Gasteiger partial charge is 0.439 e. The first-order valence-corrected chi connectivity index (χ1v) is 8.73. The molecule has 6 nitrogen and oxygen atoms in total. The maximum atomic E-state index is 11.0. The lowest BCUT2D eigenvalue weighted by Gasteiger charge is -2.09. The fourth-order valence-electron chi connectivity index (χ4n) is 2.47. The number of hydrogen-bond acceptors (Lipinski definition) is 5. The molecule has 0 saturated carbocycles. The van der Waals surface area contributed by atoms with Gasteiger partial charge in [-0.2, -0.15) is 0 Å². The van der Waals surface area contributed by atoms with Crippen molar-refractivity contribution in [3.8, 4) is 11.6 Å². The predicted octanol–water partition coefficient (Wildman–Crippen LogP) is 3.17. The highest BCUT2D eigenvalue weighted by Gasteiger charge is 2.03. The number of benzene rings is 2. The number of carbonyl (C=O) groups is 1. The third kappa shape index (κ3) is 5.83. The van der Waals surface area contributed by atoms with Crippen molar-refractivity contribution < 1.29 is 9.53 Å². The van der Waals surface area contributed by atoms with Crippen LogP contribution in [-0.2, 0) is 6.54 Å². The maximum Gasteiger partial charge on any atom is 0.250 e. The van der Waals surface area contributed by atoms with E-state index in [9.17, 15) is 4.79 Å². The summed E-state index contributed by atoms with van der Waals surface area (Å²) in [4.78, 5) is 15.1. The molecular formula is C21H22N4O2. The second-order valence-corrected chi connectivity index (χ2v) is 5.96. The Bertz CT molecular complexity index is 850. The van der Waals surface area contributed by atoms with Gasteiger partial charge in [0.15, 0.2) is 0 Å². The topological polar surface area (TPSA) is 89.3 Å². The van der Waals surface area contributed by atoms with Gasteiger partial charge in [0, 0.05) is 37.6 Å². The van der Waals surface area contributed by atoms with E-state index in [1.165, 1.54) is 11.8 Å². The number of amides is 1. The van der Waals surface area contributed by atoms with Crippen molar-refractivity contribution in [2.75, 3.05) is 18.4 Å². The van der Waals surface area contributed by atoms with Crippen LogP contribution in [0, 0.1) is 0 Å². The van der Waals surface area contributed by atoms with Crippen molar-refractivity contribution in [2.45, 2.75) is 6.54 Å². The lowest BCUT2D eigenvalue weighted by molar-refractivity contribution is 0.1000. The SMILES string of the molecule is NC(=O)c1ccc(Oc2ccc(CNCCNc3ccccc3)cc2)nc1. The minimum Gasteiger partial charge on any atom is -0.439 e. The lowest BCUT2D eigenvalue weighted by atomic mass is 10.2. The Morgan fingerprint density at radius 2 is 1.74 bits per heavy atom. The van der Waals surface area contributed by atoms with Gasteiger partial charge in [0.1, 0.15) is 5.75 Å². The third-order valence-corrected chi connectivity index (χ3v) is 3.90. The van der Waals surface area contributed by atoms with Crippen LogP contribution in [0.25, 0.3) is 0 Å². The highest BCUT2D eigenvalue weighted by atomic mass is 16.5. The number of carbonyl (C=O) groups excluding carboxylic acids is 1. The Morgan fingerprint density at radius 3 is 2.41 bits per heavy atom. The van der Waals surface area contributed by atoms with Crippen LogP contribution < -0.4 is 21.1 Å². The Morgan fingerprint density at radius 1 is 0.963 bits per heavy atom. The molecule has 0 bridgehead atoms. The van der Waals surface area contributed by atoms with Crippen molar-refractivity contribution in [3.05, 3.63) is 84.1 Å². The van der Waals surface area contributed by atoms with Crippen LogP contribution in [-0.4, -0.2) is 24.0 Å². The van der Waals surface area contributed by atoms with Crippen LogP contribution in [0.3, 0.4) is 0 Å². The third-order valence-electron chi connectivity index (χ3n) is 3.90. The second-order valence-electron chi connectivity index (χ2n) is 5.96. The number of nitrogens with zero attached hydrogens (tertiary/aromatic N) is 1. The quantitative estimate of drug-likeness (QED) is 0.509. The normalized spacial score (nSPS) is 10.4. The second kappa shape index (κ2) is 9.35. The number of rotatable bonds is 9. The molecule has 0 fully saturated rings. The smallest absolute Gasteiger partial charge is 0.250 e. The van der Waals surface area contributed by atoms with Crippen molar-refractivity contribution in [1.29, 1.82) is 0 Å². The van der Waals surface area contributed by atoms with Crippen molar-refractivity contribution in [3.63, 3.8) is 0 Å². The zero-order chi connectivity index (χ0) is 18.9. The number of para-hydroxylation sites is 1. The summed E-state index contributed by atoms with van der Waals surface area (Å²) in [6.07, 6.45) is 1.40. The molecule has 0 unspecified atom stereocenters. The van der Waals surface area contributed by atoms with Gasteiger partial charge < -0.3 is 21.1 Å². The van der Waals surface area contributed by atoms with Gasteiger partial charge in [-0.3, -0.25) is 4.79 Å². The number of pyridine rings is 1. The number of nitrogens with two attached hydrogens (primary N) is 1. The van der Waals surface area contributed by atoms with Crippen molar-refractivity contribution in [1.82, 2.24) is 10.3 Å². The Kier molecular flexibility index (Phi) is 6.38. The van der Waals surface area contributed by atoms with E-state index in [4.69, 9.17) is 10.5 Å². The van der Waals surface area contributed by atoms with E-state index in [2.05, 4.69) is 27.8 Å². The van der Waals surface area contributed by atoms with E-state index in [0.29, 0.717) is 17.2 Å². The first kappa shape index (κ1) is 18.4. The molecule has 27 heavy (non-hydrogen) atoms. The van der Waals surface area contributed by atoms with Gasteiger partial charge in [-0.1, -0.05) is 30.3 Å². The summed E-state index contributed by atoms with van der Waals surface area (Å²) in [6, 6.07) is 21.1. The number of ether oxygens (including phenoxy) is 1. The Balaban J connectivity index is 1.41. The van der Waals surface area contributed by atoms with Crippen LogP contribution in [0.5, 0.6) is 11.6 Å². The van der Waals surface area contributed by atoms with Crippen LogP contribution >= 0.6 is 0 Å². The molecule has 1 amide bonds. The number of nitrogens with one attached hydrogen (secondary N) is 2. The van der Waals surface area contributed by atoms with E-state index in [1.807, 2.05) is 42.5 Å². The van der Waals surface area contributed by atoms with Gasteiger partial charge in [-0.25, -0.2) is 4.98 Å². The summed E-state index contributed by atoms with van der Waals surface area (Å²) >= 11 is 0. The molecule has 6 heteroatoms. The summed E-state index contributed by atoms with van der Waals surface area (Å²) in [5.74, 6) is 0.589. The van der Waals surface area contributed by atoms with E-state index in [-0.39, 0.29) is 0 Å². The molecule has 0 saturated heterocycles. The van der Waals surface area contributed by atoms with Gasteiger partial charge in [-0.05, 0) is 35.9 Å². The number of hydrogen-bond donors (Lipinski definition) is 3. The predicted molar refractivity (Wildman–Crippen MR) is 106 cm³/mol. The molecule has 0 radical (unpaired) electrons. The van der Waals surface area contributed by atoms with Gasteiger partial charge in [0.2, 0.25) is 11.8 Å². The first-order chi connectivity index (χ1) is 13.2. The molecule has 138 valence electrons. The van der Waals surface area contributed by atoms with Gasteiger partial charge >= 0.3 is 0 Å².